The molecule has 4 nitrogen and oxygen atoms in total. The Morgan fingerprint density at radius 2 is 2.05 bits per heavy atom. The lowest BCUT2D eigenvalue weighted by atomic mass is 9.81. The Labute approximate surface area is 134 Å². The van der Waals surface area contributed by atoms with Crippen LogP contribution in [0.5, 0.6) is 0 Å². The Hall–Kier alpha value is -1.33. The first-order valence-corrected chi connectivity index (χ1v) is 8.87. The highest BCUT2D eigenvalue weighted by Crippen LogP contribution is 2.30. The summed E-state index contributed by atoms with van der Waals surface area (Å²) < 4.78 is 0. The van der Waals surface area contributed by atoms with E-state index in [1.165, 1.54) is 22.9 Å². The molecule has 0 aromatic heterocycles. The molecule has 3 atom stereocenters. The van der Waals surface area contributed by atoms with Crippen molar-refractivity contribution in [1.29, 1.82) is 0 Å². The number of nitrogens with one attached hydrogen (secondary N) is 1. The molecular formula is C17H21NO3S. The van der Waals surface area contributed by atoms with Gasteiger partial charge in [0.15, 0.2) is 0 Å². The zero-order valence-corrected chi connectivity index (χ0v) is 13.3. The van der Waals surface area contributed by atoms with Gasteiger partial charge < -0.3 is 5.11 Å². The van der Waals surface area contributed by atoms with Gasteiger partial charge in [0.1, 0.15) is 11.8 Å². The van der Waals surface area contributed by atoms with Gasteiger partial charge in [-0.1, -0.05) is 24.3 Å². The number of carboxylic acids is 1. The van der Waals surface area contributed by atoms with Gasteiger partial charge in [0.25, 0.3) is 0 Å². The van der Waals surface area contributed by atoms with Gasteiger partial charge in [0, 0.05) is 12.3 Å². The average Bonchev–Trinajstić information content (AvgIpc) is 3.02. The summed E-state index contributed by atoms with van der Waals surface area (Å²) in [6.45, 7) is 0. The molecule has 1 heterocycles. The number of carbonyl (C=O) groups excluding carboxylic acids is 1. The Morgan fingerprint density at radius 3 is 2.82 bits per heavy atom. The van der Waals surface area contributed by atoms with Gasteiger partial charge in [0.05, 0.1) is 5.25 Å². The number of benzene rings is 1. The summed E-state index contributed by atoms with van der Waals surface area (Å²) in [5.74, 6) is 0.252. The van der Waals surface area contributed by atoms with E-state index in [0.717, 1.165) is 25.7 Å². The number of ketones is 1. The van der Waals surface area contributed by atoms with Crippen LogP contribution in [-0.4, -0.2) is 34.0 Å². The van der Waals surface area contributed by atoms with Gasteiger partial charge in [-0.3, -0.25) is 14.9 Å². The first-order chi connectivity index (χ1) is 10.6. The maximum absolute atomic E-state index is 12.3. The lowest BCUT2D eigenvalue weighted by Gasteiger charge is -2.24. The molecule has 1 fully saturated rings. The third-order valence-corrected chi connectivity index (χ3v) is 5.93. The number of thioether (sulfide) groups is 1. The largest absolute Gasteiger partial charge is 0.480 e. The standard InChI is InChI=1S/C17H21NO3S/c19-14(16-15(17(20)21)18-10-22-16)8-6-11-5-7-12-3-1-2-4-13(12)9-11/h1-4,11,15-16,18H,5-10H2,(H,20,21). The molecule has 1 aliphatic heterocycles. The number of rotatable bonds is 5. The fourth-order valence-electron chi connectivity index (χ4n) is 3.43. The summed E-state index contributed by atoms with van der Waals surface area (Å²) in [7, 11) is 0. The van der Waals surface area contributed by atoms with Crippen LogP contribution in [0.1, 0.15) is 30.4 Å². The molecule has 1 aliphatic carbocycles. The highest BCUT2D eigenvalue weighted by atomic mass is 32.2. The molecule has 0 radical (unpaired) electrons. The third kappa shape index (κ3) is 3.36. The summed E-state index contributed by atoms with van der Waals surface area (Å²) in [6, 6.07) is 7.81. The van der Waals surface area contributed by atoms with Gasteiger partial charge in [0.2, 0.25) is 0 Å². The number of aliphatic carboxylic acids is 1. The van der Waals surface area contributed by atoms with Crippen molar-refractivity contribution in [2.24, 2.45) is 5.92 Å². The number of fused-ring (bicyclic) bond motifs is 1. The van der Waals surface area contributed by atoms with Gasteiger partial charge in [-0.05, 0) is 42.7 Å². The van der Waals surface area contributed by atoms with Crippen LogP contribution < -0.4 is 5.32 Å². The van der Waals surface area contributed by atoms with Crippen LogP contribution in [-0.2, 0) is 22.4 Å². The van der Waals surface area contributed by atoms with E-state index in [9.17, 15) is 9.59 Å². The van der Waals surface area contributed by atoms with Crippen LogP contribution in [0.4, 0.5) is 0 Å². The van der Waals surface area contributed by atoms with E-state index in [1.807, 2.05) is 0 Å². The predicted octanol–water partition coefficient (Wildman–Crippen LogP) is 2.26. The topological polar surface area (TPSA) is 66.4 Å². The zero-order valence-electron chi connectivity index (χ0n) is 12.5. The van der Waals surface area contributed by atoms with Crippen molar-refractivity contribution in [3.63, 3.8) is 0 Å². The van der Waals surface area contributed by atoms with Gasteiger partial charge in [-0.15, -0.1) is 11.8 Å². The first kappa shape index (κ1) is 15.6. The molecule has 2 N–H and O–H groups in total. The van der Waals surface area contributed by atoms with E-state index < -0.39 is 17.3 Å². The zero-order chi connectivity index (χ0) is 15.5. The molecule has 3 rings (SSSR count). The molecule has 118 valence electrons. The van der Waals surface area contributed by atoms with Gasteiger partial charge in [-0.25, -0.2) is 0 Å². The Morgan fingerprint density at radius 1 is 1.27 bits per heavy atom. The van der Waals surface area contributed by atoms with Crippen LogP contribution in [0.3, 0.4) is 0 Å². The minimum atomic E-state index is -0.921. The second-order valence-corrected chi connectivity index (χ2v) is 7.26. The van der Waals surface area contributed by atoms with E-state index in [2.05, 4.69) is 29.6 Å². The van der Waals surface area contributed by atoms with E-state index in [4.69, 9.17) is 5.11 Å². The van der Waals surface area contributed by atoms with Crippen molar-refractivity contribution < 1.29 is 14.7 Å². The van der Waals surface area contributed by atoms with E-state index in [1.54, 1.807) is 0 Å². The van der Waals surface area contributed by atoms with Crippen LogP contribution in [0.25, 0.3) is 0 Å². The van der Waals surface area contributed by atoms with E-state index in [-0.39, 0.29) is 5.78 Å². The molecule has 1 aromatic carbocycles. The molecule has 22 heavy (non-hydrogen) atoms. The SMILES string of the molecule is O=C(O)C1NCSC1C(=O)CCC1CCc2ccccc2C1. The van der Waals surface area contributed by atoms with Crippen LogP contribution in [0.15, 0.2) is 24.3 Å². The summed E-state index contributed by atoms with van der Waals surface area (Å²) in [6.07, 6.45) is 4.63. The molecule has 1 aromatic rings. The van der Waals surface area contributed by atoms with Crippen molar-refractivity contribution in [2.45, 2.75) is 43.4 Å². The molecule has 3 unspecified atom stereocenters. The maximum Gasteiger partial charge on any atom is 0.322 e. The summed E-state index contributed by atoms with van der Waals surface area (Å²) in [5.41, 5.74) is 2.85. The van der Waals surface area contributed by atoms with Crippen LogP contribution in [0, 0.1) is 5.92 Å². The number of hydrogen-bond acceptors (Lipinski definition) is 4. The smallest absolute Gasteiger partial charge is 0.322 e. The van der Waals surface area contributed by atoms with Crippen LogP contribution >= 0.6 is 11.8 Å². The van der Waals surface area contributed by atoms with Gasteiger partial charge in [-0.2, -0.15) is 0 Å². The van der Waals surface area contributed by atoms with Gasteiger partial charge >= 0.3 is 5.97 Å². The number of carboxylic acid groups (broad SMARTS) is 1. The second kappa shape index (κ2) is 6.84. The van der Waals surface area contributed by atoms with Crippen molar-refractivity contribution in [2.75, 3.05) is 5.88 Å². The Balaban J connectivity index is 1.53. The fourth-order valence-corrected chi connectivity index (χ4v) is 4.60. The van der Waals surface area contributed by atoms with E-state index >= 15 is 0 Å². The highest BCUT2D eigenvalue weighted by molar-refractivity contribution is 8.00. The minimum absolute atomic E-state index is 0.0845. The lowest BCUT2D eigenvalue weighted by Crippen LogP contribution is -2.41. The number of carbonyl (C=O) groups is 2. The Kier molecular flexibility index (Phi) is 4.84. The number of Topliss-reactive ketones (excluding diaryl/α,β-unsaturated/α-hetero) is 1. The van der Waals surface area contributed by atoms with Crippen LogP contribution in [0.2, 0.25) is 0 Å². The molecule has 0 bridgehead atoms. The van der Waals surface area contributed by atoms with Crippen molar-refractivity contribution in [3.8, 4) is 0 Å². The minimum Gasteiger partial charge on any atom is -0.480 e. The van der Waals surface area contributed by atoms with Crippen molar-refractivity contribution in [1.82, 2.24) is 5.32 Å². The maximum atomic E-state index is 12.3. The molecular weight excluding hydrogens is 298 g/mol. The molecule has 0 amide bonds. The van der Waals surface area contributed by atoms with Crippen molar-refractivity contribution >= 4 is 23.5 Å². The summed E-state index contributed by atoms with van der Waals surface area (Å²) in [4.78, 5) is 23.5. The fraction of sp³-hybridized carbons (Fsp3) is 0.529. The molecule has 0 spiro atoms. The third-order valence-electron chi connectivity index (χ3n) is 4.70. The predicted molar refractivity (Wildman–Crippen MR) is 87.0 cm³/mol. The molecule has 1 saturated heterocycles. The van der Waals surface area contributed by atoms with E-state index in [0.29, 0.717) is 18.2 Å². The normalized spacial score (nSPS) is 27.4. The number of hydrogen-bond donors (Lipinski definition) is 2. The lowest BCUT2D eigenvalue weighted by molar-refractivity contribution is -0.140. The monoisotopic (exact) mass is 319 g/mol. The number of aryl methyl sites for hydroxylation is 1. The summed E-state index contributed by atoms with van der Waals surface area (Å²) >= 11 is 1.42. The quantitative estimate of drug-likeness (QED) is 0.871. The highest BCUT2D eigenvalue weighted by Gasteiger charge is 2.38. The summed E-state index contributed by atoms with van der Waals surface area (Å²) in [5, 5.41) is 11.6. The molecule has 2 aliphatic rings. The Bertz CT molecular complexity index is 575. The molecule has 5 heteroatoms. The first-order valence-electron chi connectivity index (χ1n) is 7.82. The van der Waals surface area contributed by atoms with Crippen molar-refractivity contribution in [3.05, 3.63) is 35.4 Å². The second-order valence-electron chi connectivity index (χ2n) is 6.13. The average molecular weight is 319 g/mol. The molecule has 0 saturated carbocycles.